The van der Waals surface area contributed by atoms with E-state index in [-0.39, 0.29) is 11.8 Å². The number of piperidine rings is 1. The van der Waals surface area contributed by atoms with Gasteiger partial charge in [-0.2, -0.15) is 5.10 Å². The third-order valence-corrected chi connectivity index (χ3v) is 3.18. The fourth-order valence-corrected chi connectivity index (χ4v) is 2.10. The largest absolute Gasteiger partial charge is 0.342 e. The molecule has 1 saturated heterocycles. The summed E-state index contributed by atoms with van der Waals surface area (Å²) in [5.74, 6) is 0.667. The average Bonchev–Trinajstić information content (AvgIpc) is 2.35. The van der Waals surface area contributed by atoms with Crippen molar-refractivity contribution < 1.29 is 9.59 Å². The SMILES string of the molecule is C/C(=N\NC=O)C1CCN(C(=O)C(C)C)CC1. The number of hydrogen-bond acceptors (Lipinski definition) is 3. The van der Waals surface area contributed by atoms with Crippen LogP contribution in [-0.4, -0.2) is 36.0 Å². The molecule has 1 rings (SSSR count). The van der Waals surface area contributed by atoms with Crippen LogP contribution in [0.2, 0.25) is 0 Å². The van der Waals surface area contributed by atoms with Gasteiger partial charge in [0.2, 0.25) is 12.3 Å². The van der Waals surface area contributed by atoms with Crippen molar-refractivity contribution >= 4 is 18.0 Å². The van der Waals surface area contributed by atoms with Gasteiger partial charge in [0.25, 0.3) is 0 Å². The van der Waals surface area contributed by atoms with Crippen LogP contribution in [-0.2, 0) is 9.59 Å². The number of carbonyl (C=O) groups excluding carboxylic acids is 2. The molecule has 0 saturated carbocycles. The minimum absolute atomic E-state index is 0.0676. The molecular weight excluding hydrogens is 218 g/mol. The van der Waals surface area contributed by atoms with Crippen LogP contribution in [0.25, 0.3) is 0 Å². The first-order valence-corrected chi connectivity index (χ1v) is 6.08. The van der Waals surface area contributed by atoms with Crippen molar-refractivity contribution in [3.63, 3.8) is 0 Å². The van der Waals surface area contributed by atoms with E-state index in [2.05, 4.69) is 10.5 Å². The molecule has 1 heterocycles. The summed E-state index contributed by atoms with van der Waals surface area (Å²) in [4.78, 5) is 23.8. The van der Waals surface area contributed by atoms with Crippen LogP contribution in [0.5, 0.6) is 0 Å². The molecule has 0 radical (unpaired) electrons. The second-order valence-electron chi connectivity index (χ2n) is 4.75. The lowest BCUT2D eigenvalue weighted by atomic mass is 9.92. The quantitative estimate of drug-likeness (QED) is 0.452. The smallest absolute Gasteiger partial charge is 0.227 e. The Kier molecular flexibility index (Phi) is 5.12. The number of likely N-dealkylation sites (tertiary alicyclic amines) is 1. The van der Waals surface area contributed by atoms with Crippen molar-refractivity contribution in [1.29, 1.82) is 0 Å². The lowest BCUT2D eigenvalue weighted by molar-refractivity contribution is -0.135. The summed E-state index contributed by atoms with van der Waals surface area (Å²) < 4.78 is 0. The molecule has 1 aliphatic heterocycles. The predicted molar refractivity (Wildman–Crippen MR) is 66.5 cm³/mol. The first kappa shape index (κ1) is 13.7. The number of hydrogen-bond donors (Lipinski definition) is 1. The number of nitrogens with one attached hydrogen (secondary N) is 1. The first-order valence-electron chi connectivity index (χ1n) is 6.08. The second-order valence-corrected chi connectivity index (χ2v) is 4.75. The summed E-state index contributed by atoms with van der Waals surface area (Å²) in [6.45, 7) is 7.34. The second kappa shape index (κ2) is 6.37. The van der Waals surface area contributed by atoms with Crippen molar-refractivity contribution in [2.24, 2.45) is 16.9 Å². The van der Waals surface area contributed by atoms with Crippen LogP contribution in [0.1, 0.15) is 33.6 Å². The standard InChI is InChI=1S/C12H21N3O2/c1-9(2)12(17)15-6-4-11(5-7-15)10(3)14-13-8-16/h8-9,11H,4-7H2,1-3H3,(H,13,16)/b14-10+. The zero-order chi connectivity index (χ0) is 12.8. The first-order chi connectivity index (χ1) is 8.06. The molecule has 0 atom stereocenters. The maximum atomic E-state index is 11.8. The topological polar surface area (TPSA) is 61.8 Å². The monoisotopic (exact) mass is 239 g/mol. The molecule has 0 spiro atoms. The molecule has 1 N–H and O–H groups in total. The zero-order valence-corrected chi connectivity index (χ0v) is 10.8. The van der Waals surface area contributed by atoms with E-state index in [1.807, 2.05) is 25.7 Å². The molecule has 17 heavy (non-hydrogen) atoms. The Morgan fingerprint density at radius 1 is 1.41 bits per heavy atom. The van der Waals surface area contributed by atoms with Gasteiger partial charge in [-0.05, 0) is 19.8 Å². The van der Waals surface area contributed by atoms with Crippen LogP contribution in [0.4, 0.5) is 0 Å². The van der Waals surface area contributed by atoms with E-state index in [0.717, 1.165) is 31.6 Å². The number of hydrazone groups is 1. The molecule has 0 aromatic heterocycles. The molecule has 5 heteroatoms. The Morgan fingerprint density at radius 2 is 2.00 bits per heavy atom. The third-order valence-electron chi connectivity index (χ3n) is 3.18. The van der Waals surface area contributed by atoms with Crippen molar-refractivity contribution in [2.75, 3.05) is 13.1 Å². The van der Waals surface area contributed by atoms with E-state index in [9.17, 15) is 9.59 Å². The van der Waals surface area contributed by atoms with Gasteiger partial charge in [-0.3, -0.25) is 9.59 Å². The van der Waals surface area contributed by atoms with Gasteiger partial charge in [-0.1, -0.05) is 13.8 Å². The maximum Gasteiger partial charge on any atom is 0.227 e. The normalized spacial score (nSPS) is 18.4. The Bertz CT molecular complexity index is 305. The van der Waals surface area contributed by atoms with Gasteiger partial charge in [0.1, 0.15) is 0 Å². The minimum Gasteiger partial charge on any atom is -0.342 e. The highest BCUT2D eigenvalue weighted by Gasteiger charge is 2.25. The summed E-state index contributed by atoms with van der Waals surface area (Å²) in [6.07, 6.45) is 2.42. The number of nitrogens with zero attached hydrogens (tertiary/aromatic N) is 2. The van der Waals surface area contributed by atoms with E-state index in [1.54, 1.807) is 0 Å². The van der Waals surface area contributed by atoms with E-state index in [4.69, 9.17) is 0 Å². The predicted octanol–water partition coefficient (Wildman–Crippen LogP) is 1.00. The molecule has 2 amide bonds. The summed E-state index contributed by atoms with van der Waals surface area (Å²) in [6, 6.07) is 0. The van der Waals surface area contributed by atoms with Crippen LogP contribution in [0, 0.1) is 11.8 Å². The Morgan fingerprint density at radius 3 is 2.47 bits per heavy atom. The molecule has 1 aliphatic rings. The molecule has 5 nitrogen and oxygen atoms in total. The van der Waals surface area contributed by atoms with Gasteiger partial charge in [0.05, 0.1) is 0 Å². The fourth-order valence-electron chi connectivity index (χ4n) is 2.10. The van der Waals surface area contributed by atoms with Crippen molar-refractivity contribution in [1.82, 2.24) is 10.3 Å². The maximum absolute atomic E-state index is 11.8. The van der Waals surface area contributed by atoms with Crippen LogP contribution in [0.3, 0.4) is 0 Å². The number of rotatable bonds is 4. The summed E-state index contributed by atoms with van der Waals surface area (Å²) in [5.41, 5.74) is 3.26. The van der Waals surface area contributed by atoms with E-state index >= 15 is 0 Å². The van der Waals surface area contributed by atoms with Crippen molar-refractivity contribution in [3.05, 3.63) is 0 Å². The lowest BCUT2D eigenvalue weighted by Gasteiger charge is -2.32. The Labute approximate surface area is 102 Å². The molecule has 96 valence electrons. The molecule has 0 unspecified atom stereocenters. The van der Waals surface area contributed by atoms with Crippen LogP contribution < -0.4 is 5.43 Å². The van der Waals surface area contributed by atoms with Gasteiger partial charge in [-0.25, -0.2) is 5.43 Å². The summed E-state index contributed by atoms with van der Waals surface area (Å²) in [7, 11) is 0. The highest BCUT2D eigenvalue weighted by atomic mass is 16.2. The molecule has 0 bridgehead atoms. The highest BCUT2D eigenvalue weighted by Crippen LogP contribution is 2.20. The molecular formula is C12H21N3O2. The van der Waals surface area contributed by atoms with Crippen molar-refractivity contribution in [3.8, 4) is 0 Å². The molecule has 0 aliphatic carbocycles. The van der Waals surface area contributed by atoms with Gasteiger partial charge >= 0.3 is 0 Å². The van der Waals surface area contributed by atoms with Gasteiger partial charge < -0.3 is 4.90 Å². The van der Waals surface area contributed by atoms with Gasteiger partial charge in [0, 0.05) is 30.6 Å². The summed E-state index contributed by atoms with van der Waals surface area (Å²) in [5, 5.41) is 3.97. The van der Waals surface area contributed by atoms with E-state index in [1.165, 1.54) is 0 Å². The van der Waals surface area contributed by atoms with Crippen LogP contribution in [0.15, 0.2) is 5.10 Å². The third kappa shape index (κ3) is 3.84. The van der Waals surface area contributed by atoms with Crippen LogP contribution >= 0.6 is 0 Å². The van der Waals surface area contributed by atoms with Crippen molar-refractivity contribution in [2.45, 2.75) is 33.6 Å². The number of amides is 2. The van der Waals surface area contributed by atoms with E-state index in [0.29, 0.717) is 12.3 Å². The Balaban J connectivity index is 2.45. The fraction of sp³-hybridized carbons (Fsp3) is 0.750. The Hall–Kier alpha value is -1.39. The molecule has 0 aromatic rings. The molecule has 1 fully saturated rings. The van der Waals surface area contributed by atoms with E-state index < -0.39 is 0 Å². The zero-order valence-electron chi connectivity index (χ0n) is 10.8. The van der Waals surface area contributed by atoms with Gasteiger partial charge in [0.15, 0.2) is 0 Å². The average molecular weight is 239 g/mol. The molecule has 0 aromatic carbocycles. The number of carbonyl (C=O) groups is 2. The highest BCUT2D eigenvalue weighted by molar-refractivity contribution is 5.85. The van der Waals surface area contributed by atoms with Gasteiger partial charge in [-0.15, -0.1) is 0 Å². The lowest BCUT2D eigenvalue weighted by Crippen LogP contribution is -2.42. The minimum atomic E-state index is 0.0676. The summed E-state index contributed by atoms with van der Waals surface area (Å²) >= 11 is 0.